The summed E-state index contributed by atoms with van der Waals surface area (Å²) in [4.78, 5) is 0. The molecule has 0 atom stereocenters. The van der Waals surface area contributed by atoms with Crippen LogP contribution >= 0.6 is 15.9 Å². The van der Waals surface area contributed by atoms with Gasteiger partial charge in [0, 0.05) is 15.7 Å². The number of halogens is 1. The van der Waals surface area contributed by atoms with E-state index in [1.807, 2.05) is 24.3 Å². The molecule has 0 saturated carbocycles. The molecule has 0 aliphatic heterocycles. The average Bonchev–Trinajstić information content (AvgIpc) is 2.30. The van der Waals surface area contributed by atoms with Gasteiger partial charge in [-0.1, -0.05) is 52.9 Å². The van der Waals surface area contributed by atoms with Gasteiger partial charge in [-0.2, -0.15) is 0 Å². The van der Waals surface area contributed by atoms with Gasteiger partial charge in [0.2, 0.25) is 0 Å². The predicted molar refractivity (Wildman–Crippen MR) is 74.1 cm³/mol. The fourth-order valence-corrected chi connectivity index (χ4v) is 1.96. The van der Waals surface area contributed by atoms with Crippen molar-refractivity contribution in [1.82, 2.24) is 0 Å². The van der Waals surface area contributed by atoms with Gasteiger partial charge in [-0.15, -0.1) is 0 Å². The summed E-state index contributed by atoms with van der Waals surface area (Å²) in [5, 5.41) is 0. The van der Waals surface area contributed by atoms with Gasteiger partial charge in [-0.3, -0.25) is 0 Å². The van der Waals surface area contributed by atoms with Gasteiger partial charge in [-0.05, 0) is 29.3 Å². The van der Waals surface area contributed by atoms with E-state index < -0.39 is 0 Å². The molecule has 2 rings (SSSR count). The zero-order valence-electron chi connectivity index (χ0n) is 8.78. The van der Waals surface area contributed by atoms with Crippen molar-refractivity contribution in [3.63, 3.8) is 0 Å². The third-order valence-electron chi connectivity index (χ3n) is 2.50. The van der Waals surface area contributed by atoms with Crippen LogP contribution in [0.5, 0.6) is 0 Å². The molecule has 1 nitrogen and oxygen atoms in total. The minimum atomic E-state index is 0.760. The summed E-state index contributed by atoms with van der Waals surface area (Å²) in [7, 11) is 0. The monoisotopic (exact) mass is 273 g/mol. The molecule has 0 unspecified atom stereocenters. The van der Waals surface area contributed by atoms with Crippen LogP contribution in [0.1, 0.15) is 5.56 Å². The second-order valence-electron chi connectivity index (χ2n) is 3.52. The smallest absolute Gasteiger partial charge is 0.0393 e. The fourth-order valence-electron chi connectivity index (χ4n) is 1.69. The van der Waals surface area contributed by atoms with Gasteiger partial charge in [0.05, 0.1) is 0 Å². The highest BCUT2D eigenvalue weighted by Crippen LogP contribution is 2.29. The highest BCUT2D eigenvalue weighted by molar-refractivity contribution is 9.10. The van der Waals surface area contributed by atoms with E-state index in [4.69, 9.17) is 5.73 Å². The maximum Gasteiger partial charge on any atom is 0.0393 e. The molecule has 16 heavy (non-hydrogen) atoms. The van der Waals surface area contributed by atoms with Crippen LogP contribution in [0.4, 0.5) is 5.69 Å². The molecule has 2 N–H and O–H groups in total. The van der Waals surface area contributed by atoms with E-state index in [2.05, 4.69) is 40.7 Å². The Labute approximate surface area is 104 Å². The van der Waals surface area contributed by atoms with Crippen LogP contribution < -0.4 is 5.73 Å². The van der Waals surface area contributed by atoms with E-state index in [1.54, 1.807) is 6.08 Å². The normalized spacial score (nSPS) is 10.1. The topological polar surface area (TPSA) is 26.0 Å². The average molecular weight is 274 g/mol. The first-order valence-electron chi connectivity index (χ1n) is 4.99. The number of anilines is 1. The van der Waals surface area contributed by atoms with Crippen LogP contribution in [-0.4, -0.2) is 0 Å². The summed E-state index contributed by atoms with van der Waals surface area (Å²) in [5.74, 6) is 0. The number of rotatable bonds is 2. The van der Waals surface area contributed by atoms with E-state index in [-0.39, 0.29) is 0 Å². The van der Waals surface area contributed by atoms with Crippen molar-refractivity contribution in [3.05, 3.63) is 59.1 Å². The van der Waals surface area contributed by atoms with Crippen LogP contribution in [0.2, 0.25) is 0 Å². The molecule has 2 aromatic carbocycles. The third-order valence-corrected chi connectivity index (χ3v) is 3.03. The third kappa shape index (κ3) is 2.02. The van der Waals surface area contributed by atoms with Crippen molar-refractivity contribution in [1.29, 1.82) is 0 Å². The van der Waals surface area contributed by atoms with Crippen LogP contribution in [0.3, 0.4) is 0 Å². The zero-order chi connectivity index (χ0) is 11.5. The SMILES string of the molecule is C=Cc1c(N)cccc1-c1ccc(Br)cc1. The Morgan fingerprint density at radius 3 is 2.38 bits per heavy atom. The van der Waals surface area contributed by atoms with E-state index in [0.29, 0.717) is 0 Å². The minimum Gasteiger partial charge on any atom is -0.398 e. The number of hydrogen-bond acceptors (Lipinski definition) is 1. The molecule has 80 valence electrons. The largest absolute Gasteiger partial charge is 0.398 e. The second kappa shape index (κ2) is 4.54. The molecule has 2 heteroatoms. The highest BCUT2D eigenvalue weighted by atomic mass is 79.9. The Bertz CT molecular complexity index is 515. The van der Waals surface area contributed by atoms with Crippen molar-refractivity contribution in [2.24, 2.45) is 0 Å². The maximum atomic E-state index is 5.92. The molecular weight excluding hydrogens is 262 g/mol. The molecule has 0 radical (unpaired) electrons. The van der Waals surface area contributed by atoms with Gasteiger partial charge in [0.15, 0.2) is 0 Å². The lowest BCUT2D eigenvalue weighted by Crippen LogP contribution is -1.91. The van der Waals surface area contributed by atoms with Gasteiger partial charge < -0.3 is 5.73 Å². The summed E-state index contributed by atoms with van der Waals surface area (Å²) in [6, 6.07) is 14.1. The zero-order valence-corrected chi connectivity index (χ0v) is 10.4. The Balaban J connectivity index is 2.59. The van der Waals surface area contributed by atoms with E-state index in [0.717, 1.165) is 26.9 Å². The van der Waals surface area contributed by atoms with Gasteiger partial charge in [-0.25, -0.2) is 0 Å². The number of nitrogen functional groups attached to an aromatic ring is 1. The Hall–Kier alpha value is -1.54. The van der Waals surface area contributed by atoms with Crippen molar-refractivity contribution < 1.29 is 0 Å². The summed E-state index contributed by atoms with van der Waals surface area (Å²) < 4.78 is 1.07. The van der Waals surface area contributed by atoms with E-state index in [9.17, 15) is 0 Å². The number of benzene rings is 2. The van der Waals surface area contributed by atoms with E-state index in [1.165, 1.54) is 0 Å². The summed E-state index contributed by atoms with van der Waals surface area (Å²) in [6.07, 6.45) is 1.80. The highest BCUT2D eigenvalue weighted by Gasteiger charge is 2.04. The second-order valence-corrected chi connectivity index (χ2v) is 4.44. The standard InChI is InChI=1S/C14H12BrN/c1-2-12-13(4-3-5-14(12)16)10-6-8-11(15)9-7-10/h2-9H,1,16H2. The molecule has 0 amide bonds. The summed E-state index contributed by atoms with van der Waals surface area (Å²) >= 11 is 3.42. The Morgan fingerprint density at radius 2 is 1.75 bits per heavy atom. The summed E-state index contributed by atoms with van der Waals surface area (Å²) in [5.41, 5.74) is 9.93. The molecule has 0 saturated heterocycles. The lowest BCUT2D eigenvalue weighted by molar-refractivity contribution is 1.57. The van der Waals surface area contributed by atoms with Crippen LogP contribution in [0, 0.1) is 0 Å². The van der Waals surface area contributed by atoms with Gasteiger partial charge >= 0.3 is 0 Å². The Morgan fingerprint density at radius 1 is 1.06 bits per heavy atom. The lowest BCUT2D eigenvalue weighted by atomic mass is 9.98. The van der Waals surface area contributed by atoms with Gasteiger partial charge in [0.1, 0.15) is 0 Å². The first-order valence-corrected chi connectivity index (χ1v) is 5.78. The quantitative estimate of drug-likeness (QED) is 0.810. The molecule has 0 bridgehead atoms. The predicted octanol–water partition coefficient (Wildman–Crippen LogP) is 4.34. The number of nitrogens with two attached hydrogens (primary N) is 1. The van der Waals surface area contributed by atoms with Crippen LogP contribution in [0.15, 0.2) is 53.5 Å². The minimum absolute atomic E-state index is 0.760. The molecule has 0 aromatic heterocycles. The van der Waals surface area contributed by atoms with Crippen molar-refractivity contribution in [2.45, 2.75) is 0 Å². The van der Waals surface area contributed by atoms with Crippen molar-refractivity contribution in [3.8, 4) is 11.1 Å². The van der Waals surface area contributed by atoms with E-state index >= 15 is 0 Å². The van der Waals surface area contributed by atoms with Crippen molar-refractivity contribution >= 4 is 27.7 Å². The molecule has 0 aliphatic rings. The molecule has 0 fully saturated rings. The van der Waals surface area contributed by atoms with Gasteiger partial charge in [0.25, 0.3) is 0 Å². The molecule has 0 spiro atoms. The van der Waals surface area contributed by atoms with Crippen molar-refractivity contribution in [2.75, 3.05) is 5.73 Å². The maximum absolute atomic E-state index is 5.92. The molecule has 0 aliphatic carbocycles. The van der Waals surface area contributed by atoms with Crippen LogP contribution in [-0.2, 0) is 0 Å². The first-order chi connectivity index (χ1) is 7.72. The Kier molecular flexibility index (Phi) is 3.11. The molecule has 2 aromatic rings. The fraction of sp³-hybridized carbons (Fsp3) is 0. The summed E-state index contributed by atoms with van der Waals surface area (Å²) in [6.45, 7) is 3.81. The molecule has 0 heterocycles. The number of hydrogen-bond donors (Lipinski definition) is 1. The molecular formula is C14H12BrN. The van der Waals surface area contributed by atoms with Crippen LogP contribution in [0.25, 0.3) is 17.2 Å². The first kappa shape index (κ1) is 11.0. The lowest BCUT2D eigenvalue weighted by Gasteiger charge is -2.09.